The van der Waals surface area contributed by atoms with Gasteiger partial charge in [0.05, 0.1) is 18.9 Å². The number of hydrogen-bond acceptors (Lipinski definition) is 4. The van der Waals surface area contributed by atoms with Gasteiger partial charge in [-0.25, -0.2) is 4.98 Å². The maximum absolute atomic E-state index is 11.1. The smallest absolute Gasteiger partial charge is 0.305 e. The van der Waals surface area contributed by atoms with E-state index in [2.05, 4.69) is 20.9 Å². The second-order valence-corrected chi connectivity index (χ2v) is 4.33. The Kier molecular flexibility index (Phi) is 5.97. The average Bonchev–Trinajstić information content (AvgIpc) is 2.29. The van der Waals surface area contributed by atoms with Gasteiger partial charge in [-0.05, 0) is 42.3 Å². The molecule has 0 N–H and O–H groups in total. The molecule has 1 aromatic rings. The molecule has 0 spiro atoms. The Hall–Kier alpha value is -1.10. The minimum absolute atomic E-state index is 0.184. The average molecular weight is 302 g/mol. The molecule has 94 valence electrons. The molecule has 0 aliphatic carbocycles. The largest absolute Gasteiger partial charge is 0.478 e. The summed E-state index contributed by atoms with van der Waals surface area (Å²) in [6.45, 7) is 4.58. The van der Waals surface area contributed by atoms with Crippen LogP contribution in [0.4, 0.5) is 0 Å². The van der Waals surface area contributed by atoms with E-state index in [1.165, 1.54) is 0 Å². The van der Waals surface area contributed by atoms with E-state index in [-0.39, 0.29) is 5.97 Å². The topological polar surface area (TPSA) is 48.4 Å². The summed E-state index contributed by atoms with van der Waals surface area (Å²) < 4.78 is 11.2. The second-order valence-electron chi connectivity index (χ2n) is 3.47. The highest BCUT2D eigenvalue weighted by Gasteiger charge is 2.03. The number of aryl methyl sites for hydroxylation is 1. The van der Waals surface area contributed by atoms with Crippen LogP contribution in [-0.2, 0) is 9.53 Å². The predicted octanol–water partition coefficient (Wildman–Crippen LogP) is 2.87. The van der Waals surface area contributed by atoms with E-state index in [4.69, 9.17) is 9.47 Å². The molecule has 0 saturated carbocycles. The number of esters is 1. The zero-order valence-electron chi connectivity index (χ0n) is 10.0. The highest BCUT2D eigenvalue weighted by Crippen LogP contribution is 2.17. The van der Waals surface area contributed by atoms with Crippen LogP contribution in [0.15, 0.2) is 16.6 Å². The van der Waals surface area contributed by atoms with Crippen LogP contribution in [0, 0.1) is 6.92 Å². The quantitative estimate of drug-likeness (QED) is 0.599. The van der Waals surface area contributed by atoms with Crippen molar-refractivity contribution in [2.75, 3.05) is 13.2 Å². The number of aromatic nitrogens is 1. The number of pyridine rings is 1. The summed E-state index contributed by atoms with van der Waals surface area (Å²) >= 11 is 3.37. The number of nitrogens with zero attached hydrogens (tertiary/aromatic N) is 1. The van der Waals surface area contributed by atoms with Gasteiger partial charge in [-0.1, -0.05) is 0 Å². The van der Waals surface area contributed by atoms with E-state index in [9.17, 15) is 4.79 Å². The SMILES string of the molecule is CCOC(=O)CCCOc1ccc(Br)c(C)n1. The Labute approximate surface area is 109 Å². The standard InChI is InChI=1S/C12H16BrNO3/c1-3-16-12(15)5-4-8-17-11-7-6-10(13)9(2)14-11/h6-7H,3-5,8H2,1-2H3. The molecule has 0 radical (unpaired) electrons. The van der Waals surface area contributed by atoms with Crippen molar-refractivity contribution in [2.24, 2.45) is 0 Å². The summed E-state index contributed by atoms with van der Waals surface area (Å²) in [6, 6.07) is 3.68. The summed E-state index contributed by atoms with van der Waals surface area (Å²) in [6.07, 6.45) is 1.01. The van der Waals surface area contributed by atoms with Crippen molar-refractivity contribution in [3.8, 4) is 5.88 Å². The molecule has 4 nitrogen and oxygen atoms in total. The molecule has 17 heavy (non-hydrogen) atoms. The van der Waals surface area contributed by atoms with Crippen LogP contribution in [0.3, 0.4) is 0 Å². The molecule has 0 bridgehead atoms. The first-order chi connectivity index (χ1) is 8.13. The molecule has 1 heterocycles. The molecule has 0 aliphatic heterocycles. The van der Waals surface area contributed by atoms with Crippen LogP contribution in [-0.4, -0.2) is 24.2 Å². The number of ether oxygens (including phenoxy) is 2. The van der Waals surface area contributed by atoms with Gasteiger partial charge in [-0.15, -0.1) is 0 Å². The molecule has 0 saturated heterocycles. The van der Waals surface area contributed by atoms with Crippen molar-refractivity contribution < 1.29 is 14.3 Å². The van der Waals surface area contributed by atoms with Crippen LogP contribution in [0.2, 0.25) is 0 Å². The predicted molar refractivity (Wildman–Crippen MR) is 68.0 cm³/mol. The molecule has 0 aliphatic rings. The van der Waals surface area contributed by atoms with Gasteiger partial charge in [0.1, 0.15) is 0 Å². The minimum Gasteiger partial charge on any atom is -0.478 e. The molecule has 0 amide bonds. The zero-order valence-corrected chi connectivity index (χ0v) is 11.6. The Bertz CT molecular complexity index is 382. The monoisotopic (exact) mass is 301 g/mol. The van der Waals surface area contributed by atoms with Crippen LogP contribution in [0.1, 0.15) is 25.5 Å². The summed E-state index contributed by atoms with van der Waals surface area (Å²) in [5.41, 5.74) is 0.882. The summed E-state index contributed by atoms with van der Waals surface area (Å²) in [4.78, 5) is 15.3. The highest BCUT2D eigenvalue weighted by molar-refractivity contribution is 9.10. The molecule has 0 aromatic carbocycles. The maximum Gasteiger partial charge on any atom is 0.305 e. The third kappa shape index (κ3) is 5.17. The van der Waals surface area contributed by atoms with Crippen molar-refractivity contribution in [2.45, 2.75) is 26.7 Å². The lowest BCUT2D eigenvalue weighted by Crippen LogP contribution is -2.07. The van der Waals surface area contributed by atoms with Crippen molar-refractivity contribution >= 4 is 21.9 Å². The lowest BCUT2D eigenvalue weighted by Gasteiger charge is -2.06. The van der Waals surface area contributed by atoms with E-state index >= 15 is 0 Å². The second kappa shape index (κ2) is 7.27. The Morgan fingerprint density at radius 3 is 2.88 bits per heavy atom. The third-order valence-corrected chi connectivity index (χ3v) is 2.91. The Balaban J connectivity index is 2.26. The van der Waals surface area contributed by atoms with E-state index in [1.54, 1.807) is 13.0 Å². The van der Waals surface area contributed by atoms with E-state index in [0.29, 0.717) is 31.9 Å². The molecule has 0 fully saturated rings. The number of halogens is 1. The number of carbonyl (C=O) groups is 1. The normalized spacial score (nSPS) is 10.1. The fourth-order valence-corrected chi connectivity index (χ4v) is 1.45. The first-order valence-corrected chi connectivity index (χ1v) is 6.34. The van der Waals surface area contributed by atoms with E-state index in [1.807, 2.05) is 13.0 Å². The van der Waals surface area contributed by atoms with Crippen LogP contribution < -0.4 is 4.74 Å². The lowest BCUT2D eigenvalue weighted by atomic mass is 10.3. The fraction of sp³-hybridized carbons (Fsp3) is 0.500. The van der Waals surface area contributed by atoms with Crippen LogP contribution in [0.5, 0.6) is 5.88 Å². The van der Waals surface area contributed by atoms with Gasteiger partial charge in [0.25, 0.3) is 0 Å². The number of hydrogen-bond donors (Lipinski definition) is 0. The minimum atomic E-state index is -0.184. The molecule has 5 heteroatoms. The van der Waals surface area contributed by atoms with E-state index < -0.39 is 0 Å². The molecular formula is C12H16BrNO3. The fourth-order valence-electron chi connectivity index (χ4n) is 1.23. The molecule has 0 unspecified atom stereocenters. The summed E-state index contributed by atoms with van der Waals surface area (Å²) in [7, 11) is 0. The highest BCUT2D eigenvalue weighted by atomic mass is 79.9. The van der Waals surface area contributed by atoms with E-state index in [0.717, 1.165) is 10.2 Å². The first-order valence-electron chi connectivity index (χ1n) is 5.55. The molecular weight excluding hydrogens is 286 g/mol. The van der Waals surface area contributed by atoms with Crippen molar-refractivity contribution in [3.05, 3.63) is 22.3 Å². The number of carbonyl (C=O) groups excluding carboxylic acids is 1. The van der Waals surface area contributed by atoms with Gasteiger partial charge in [0, 0.05) is 17.0 Å². The van der Waals surface area contributed by atoms with Gasteiger partial charge < -0.3 is 9.47 Å². The maximum atomic E-state index is 11.1. The molecule has 1 aromatic heterocycles. The Morgan fingerprint density at radius 2 is 2.24 bits per heavy atom. The van der Waals surface area contributed by atoms with Gasteiger partial charge in [-0.2, -0.15) is 0 Å². The van der Waals surface area contributed by atoms with Gasteiger partial charge >= 0.3 is 5.97 Å². The first kappa shape index (κ1) is 14.0. The number of rotatable bonds is 6. The third-order valence-electron chi connectivity index (χ3n) is 2.08. The lowest BCUT2D eigenvalue weighted by molar-refractivity contribution is -0.143. The zero-order chi connectivity index (χ0) is 12.7. The van der Waals surface area contributed by atoms with Crippen molar-refractivity contribution in [1.29, 1.82) is 0 Å². The van der Waals surface area contributed by atoms with Gasteiger partial charge in [0.15, 0.2) is 0 Å². The van der Waals surface area contributed by atoms with Crippen LogP contribution >= 0.6 is 15.9 Å². The molecule has 0 atom stereocenters. The van der Waals surface area contributed by atoms with Crippen LogP contribution in [0.25, 0.3) is 0 Å². The summed E-state index contributed by atoms with van der Waals surface area (Å²) in [5, 5.41) is 0. The summed E-state index contributed by atoms with van der Waals surface area (Å²) in [5.74, 6) is 0.394. The van der Waals surface area contributed by atoms with Gasteiger partial charge in [-0.3, -0.25) is 4.79 Å². The van der Waals surface area contributed by atoms with Gasteiger partial charge in [0.2, 0.25) is 5.88 Å². The Morgan fingerprint density at radius 1 is 1.47 bits per heavy atom. The van der Waals surface area contributed by atoms with Crippen molar-refractivity contribution in [1.82, 2.24) is 4.98 Å². The molecule has 1 rings (SSSR count). The van der Waals surface area contributed by atoms with Crippen molar-refractivity contribution in [3.63, 3.8) is 0 Å².